The van der Waals surface area contributed by atoms with Gasteiger partial charge in [0.15, 0.2) is 5.75 Å². The molecule has 1 aromatic carbocycles. The Bertz CT molecular complexity index is 580. The van der Waals surface area contributed by atoms with E-state index in [2.05, 4.69) is 23.1 Å². The van der Waals surface area contributed by atoms with Gasteiger partial charge in [0.25, 0.3) is 0 Å². The van der Waals surface area contributed by atoms with Gasteiger partial charge >= 0.3 is 0 Å². The maximum atomic E-state index is 12.2. The largest absolute Gasteiger partial charge is 0.340 e. The van der Waals surface area contributed by atoms with Crippen LogP contribution in [0.1, 0.15) is 44.2 Å². The van der Waals surface area contributed by atoms with E-state index < -0.39 is 0 Å². The van der Waals surface area contributed by atoms with Crippen LogP contribution in [-0.2, 0) is 22.6 Å². The van der Waals surface area contributed by atoms with E-state index in [-0.39, 0.29) is 5.91 Å². The summed E-state index contributed by atoms with van der Waals surface area (Å²) < 4.78 is 0. The van der Waals surface area contributed by atoms with Crippen LogP contribution in [-0.4, -0.2) is 48.5 Å². The van der Waals surface area contributed by atoms with Crippen LogP contribution < -0.4 is 4.89 Å². The molecule has 0 unspecified atom stereocenters. The number of para-hydroxylation sites is 1. The molecule has 1 amide bonds. The zero-order valence-corrected chi connectivity index (χ0v) is 15.4. The zero-order valence-electron chi connectivity index (χ0n) is 15.4. The first-order chi connectivity index (χ1) is 12.1. The molecule has 25 heavy (non-hydrogen) atoms. The Balaban J connectivity index is 1.59. The van der Waals surface area contributed by atoms with Gasteiger partial charge in [-0.2, -0.15) is 4.89 Å². The van der Waals surface area contributed by atoms with Crippen molar-refractivity contribution in [3.05, 3.63) is 35.2 Å². The maximum absolute atomic E-state index is 12.2. The number of nitrogens with zero attached hydrogens (tertiary/aromatic N) is 2. The minimum Gasteiger partial charge on any atom is -0.340 e. The third-order valence-electron chi connectivity index (χ3n) is 4.87. The van der Waals surface area contributed by atoms with Gasteiger partial charge in [-0.25, -0.2) is 0 Å². The number of carbonyl (C=O) groups excluding carboxylic acids is 1. The Morgan fingerprint density at radius 1 is 1.12 bits per heavy atom. The number of hydrogen-bond donors (Lipinski definition) is 0. The maximum Gasteiger partial charge on any atom is 0.223 e. The molecule has 5 nitrogen and oxygen atoms in total. The predicted octanol–water partition coefficient (Wildman–Crippen LogP) is 2.98. The van der Waals surface area contributed by atoms with Gasteiger partial charge in [-0.15, -0.1) is 0 Å². The van der Waals surface area contributed by atoms with Crippen LogP contribution in [0.3, 0.4) is 0 Å². The van der Waals surface area contributed by atoms with Crippen molar-refractivity contribution in [2.45, 2.75) is 46.1 Å². The number of carbonyl (C=O) groups is 1. The molecule has 0 bridgehead atoms. The van der Waals surface area contributed by atoms with E-state index in [9.17, 15) is 4.79 Å². The monoisotopic (exact) mass is 345 g/mol. The van der Waals surface area contributed by atoms with Gasteiger partial charge < -0.3 is 9.79 Å². The van der Waals surface area contributed by atoms with E-state index in [4.69, 9.17) is 9.78 Å². The minimum absolute atomic E-state index is 0.251. The molecule has 5 heteroatoms. The summed E-state index contributed by atoms with van der Waals surface area (Å²) in [5.74, 6) is 2.32. The van der Waals surface area contributed by atoms with Crippen LogP contribution in [0.2, 0.25) is 0 Å². The van der Waals surface area contributed by atoms with Crippen molar-refractivity contribution < 1.29 is 14.6 Å². The number of fused-ring (bicyclic) bond motifs is 1. The highest BCUT2D eigenvalue weighted by atomic mass is 17.2. The average molecular weight is 345 g/mol. The third-order valence-corrected chi connectivity index (χ3v) is 4.87. The lowest BCUT2D eigenvalue weighted by Crippen LogP contribution is -2.48. The molecule has 1 aromatic rings. The molecule has 0 spiro atoms. The summed E-state index contributed by atoms with van der Waals surface area (Å²) in [7, 11) is 0. The molecule has 1 radical (unpaired) electrons. The third kappa shape index (κ3) is 4.95. The van der Waals surface area contributed by atoms with E-state index >= 15 is 0 Å². The van der Waals surface area contributed by atoms with Crippen LogP contribution in [0, 0.1) is 5.92 Å². The van der Waals surface area contributed by atoms with E-state index in [0.717, 1.165) is 57.7 Å². The van der Waals surface area contributed by atoms with Crippen molar-refractivity contribution in [2.24, 2.45) is 0 Å². The Morgan fingerprint density at radius 3 is 2.68 bits per heavy atom. The minimum atomic E-state index is 0.251. The SMILES string of the molecule is C[C](C)CC(=O)N1CCN(Cc2cccc3c2OOCCCC3)CC1. The van der Waals surface area contributed by atoms with E-state index in [1.807, 2.05) is 18.7 Å². The van der Waals surface area contributed by atoms with E-state index in [1.165, 1.54) is 17.0 Å². The van der Waals surface area contributed by atoms with Crippen molar-refractivity contribution in [1.82, 2.24) is 9.80 Å². The standard InChI is InChI=1S/C20H29N2O3/c1-16(2)14-19(23)22-11-9-21(10-12-22)15-18-8-5-7-17-6-3-4-13-24-25-20(17)18/h5,7-8H,3-4,6,9-15H2,1-2H3. The van der Waals surface area contributed by atoms with E-state index in [0.29, 0.717) is 13.0 Å². The Kier molecular flexibility index (Phi) is 6.32. The molecule has 2 heterocycles. The molecule has 0 saturated carbocycles. The summed E-state index contributed by atoms with van der Waals surface area (Å²) in [5.41, 5.74) is 2.41. The molecular formula is C20H29N2O3. The molecule has 1 saturated heterocycles. The van der Waals surface area contributed by atoms with Crippen LogP contribution in [0.4, 0.5) is 0 Å². The van der Waals surface area contributed by atoms with Crippen molar-refractivity contribution in [1.29, 1.82) is 0 Å². The van der Waals surface area contributed by atoms with Gasteiger partial charge in [-0.05, 0) is 30.7 Å². The first-order valence-electron chi connectivity index (χ1n) is 9.33. The average Bonchev–Trinajstić information content (AvgIpc) is 2.56. The lowest BCUT2D eigenvalue weighted by atomic mass is 10.0. The molecule has 0 aromatic heterocycles. The number of piperazine rings is 1. The molecule has 0 aliphatic carbocycles. The van der Waals surface area contributed by atoms with Crippen molar-refractivity contribution in [3.8, 4) is 5.75 Å². The first kappa shape index (κ1) is 18.2. The summed E-state index contributed by atoms with van der Waals surface area (Å²) in [6.45, 7) is 8.93. The zero-order chi connectivity index (χ0) is 17.6. The topological polar surface area (TPSA) is 42.0 Å². The molecule has 137 valence electrons. The number of rotatable bonds is 4. The lowest BCUT2D eigenvalue weighted by Gasteiger charge is -2.35. The highest BCUT2D eigenvalue weighted by molar-refractivity contribution is 5.78. The normalized spacial score (nSPS) is 19.1. The number of benzene rings is 1. The van der Waals surface area contributed by atoms with Crippen molar-refractivity contribution in [2.75, 3.05) is 32.8 Å². The molecule has 2 aliphatic rings. The van der Waals surface area contributed by atoms with Crippen molar-refractivity contribution >= 4 is 5.91 Å². The van der Waals surface area contributed by atoms with Crippen LogP contribution >= 0.6 is 0 Å². The number of aryl methyl sites for hydroxylation is 1. The fraction of sp³-hybridized carbons (Fsp3) is 0.600. The highest BCUT2D eigenvalue weighted by Gasteiger charge is 2.23. The molecule has 0 atom stereocenters. The fourth-order valence-electron chi connectivity index (χ4n) is 3.45. The van der Waals surface area contributed by atoms with Crippen LogP contribution in [0.25, 0.3) is 0 Å². The Morgan fingerprint density at radius 2 is 1.92 bits per heavy atom. The first-order valence-corrected chi connectivity index (χ1v) is 9.33. The summed E-state index contributed by atoms with van der Waals surface area (Å²) in [5, 5.41) is 0. The summed E-state index contributed by atoms with van der Waals surface area (Å²) in [6, 6.07) is 6.36. The van der Waals surface area contributed by atoms with Crippen LogP contribution in [0.15, 0.2) is 18.2 Å². The Labute approximate surface area is 150 Å². The second kappa shape index (κ2) is 8.68. The van der Waals surface area contributed by atoms with E-state index in [1.54, 1.807) is 0 Å². The van der Waals surface area contributed by atoms with Gasteiger partial charge in [-0.3, -0.25) is 9.69 Å². The van der Waals surface area contributed by atoms with Gasteiger partial charge in [-0.1, -0.05) is 32.0 Å². The second-order valence-electron chi connectivity index (χ2n) is 7.31. The number of hydrogen-bond acceptors (Lipinski definition) is 4. The Hall–Kier alpha value is -1.59. The summed E-state index contributed by atoms with van der Waals surface area (Å²) >= 11 is 0. The highest BCUT2D eigenvalue weighted by Crippen LogP contribution is 2.29. The van der Waals surface area contributed by atoms with Gasteiger partial charge in [0.2, 0.25) is 5.91 Å². The molecule has 3 rings (SSSR count). The quantitative estimate of drug-likeness (QED) is 0.787. The second-order valence-corrected chi connectivity index (χ2v) is 7.31. The van der Waals surface area contributed by atoms with Gasteiger partial charge in [0.05, 0.1) is 6.61 Å². The lowest BCUT2D eigenvalue weighted by molar-refractivity contribution is -0.210. The van der Waals surface area contributed by atoms with Crippen molar-refractivity contribution in [3.63, 3.8) is 0 Å². The predicted molar refractivity (Wildman–Crippen MR) is 97.0 cm³/mol. The van der Waals surface area contributed by atoms with Gasteiger partial charge in [0, 0.05) is 44.7 Å². The molecule has 1 fully saturated rings. The molecular weight excluding hydrogens is 316 g/mol. The number of amides is 1. The molecule has 0 N–H and O–H groups in total. The van der Waals surface area contributed by atoms with Crippen LogP contribution in [0.5, 0.6) is 5.75 Å². The summed E-state index contributed by atoms with van der Waals surface area (Å²) in [4.78, 5) is 27.5. The smallest absolute Gasteiger partial charge is 0.223 e. The molecule has 2 aliphatic heterocycles. The summed E-state index contributed by atoms with van der Waals surface area (Å²) in [6.07, 6.45) is 3.78. The fourth-order valence-corrected chi connectivity index (χ4v) is 3.45. The van der Waals surface area contributed by atoms with Gasteiger partial charge in [0.1, 0.15) is 0 Å².